The highest BCUT2D eigenvalue weighted by molar-refractivity contribution is 6.25. The number of methoxy groups -OCH3 is 1. The third-order valence-corrected chi connectivity index (χ3v) is 5.19. The summed E-state index contributed by atoms with van der Waals surface area (Å²) in [5.41, 5.74) is 0.899. The molecular formula is C16H19Cl2NO2. The molecule has 3 nitrogen and oxygen atoms in total. The van der Waals surface area contributed by atoms with Crippen LogP contribution in [0.15, 0.2) is 30.3 Å². The predicted molar refractivity (Wildman–Crippen MR) is 85.1 cm³/mol. The van der Waals surface area contributed by atoms with Gasteiger partial charge in [-0.1, -0.05) is 18.2 Å². The third-order valence-electron chi connectivity index (χ3n) is 4.35. The van der Waals surface area contributed by atoms with E-state index in [-0.39, 0.29) is 34.7 Å². The first-order chi connectivity index (χ1) is 10.1. The summed E-state index contributed by atoms with van der Waals surface area (Å²) in [6.45, 7) is 0. The highest BCUT2D eigenvalue weighted by atomic mass is 35.5. The molecule has 0 bridgehead atoms. The average molecular weight is 328 g/mol. The highest BCUT2D eigenvalue weighted by Gasteiger charge is 2.48. The van der Waals surface area contributed by atoms with Crippen LogP contribution in [0.5, 0.6) is 0 Å². The molecule has 3 rings (SSSR count). The summed E-state index contributed by atoms with van der Waals surface area (Å²) in [6.07, 6.45) is 2.26. The van der Waals surface area contributed by atoms with Gasteiger partial charge < -0.3 is 9.64 Å². The Balaban J connectivity index is 1.90. The Morgan fingerprint density at radius 3 is 2.43 bits per heavy atom. The molecule has 1 aromatic rings. The summed E-state index contributed by atoms with van der Waals surface area (Å²) in [5.74, 6) is 0.0257. The van der Waals surface area contributed by atoms with Crippen molar-refractivity contribution in [1.82, 2.24) is 0 Å². The highest BCUT2D eigenvalue weighted by Crippen LogP contribution is 2.41. The van der Waals surface area contributed by atoms with Gasteiger partial charge in [-0.15, -0.1) is 23.2 Å². The molecule has 0 radical (unpaired) electrons. The van der Waals surface area contributed by atoms with Gasteiger partial charge in [0.1, 0.15) is 0 Å². The van der Waals surface area contributed by atoms with E-state index in [4.69, 9.17) is 27.9 Å². The second kappa shape index (κ2) is 6.15. The largest absolute Gasteiger partial charge is 0.379 e. The van der Waals surface area contributed by atoms with Gasteiger partial charge in [0.05, 0.1) is 18.1 Å². The summed E-state index contributed by atoms with van der Waals surface area (Å²) in [5, 5.41) is 0.0165. The number of halogens is 2. The summed E-state index contributed by atoms with van der Waals surface area (Å²) < 4.78 is 5.56. The van der Waals surface area contributed by atoms with Crippen molar-refractivity contribution in [2.75, 3.05) is 12.0 Å². The Bertz CT molecular complexity index is 510. The molecule has 1 aromatic carbocycles. The van der Waals surface area contributed by atoms with Gasteiger partial charge in [-0.05, 0) is 31.4 Å². The van der Waals surface area contributed by atoms with Crippen LogP contribution in [0.2, 0.25) is 0 Å². The van der Waals surface area contributed by atoms with Gasteiger partial charge in [-0.2, -0.15) is 0 Å². The normalized spacial score (nSPS) is 34.7. The number of benzene rings is 1. The molecule has 5 unspecified atom stereocenters. The van der Waals surface area contributed by atoms with E-state index < -0.39 is 0 Å². The Labute approximate surface area is 135 Å². The van der Waals surface area contributed by atoms with Crippen molar-refractivity contribution in [3.63, 3.8) is 0 Å². The smallest absolute Gasteiger partial charge is 0.231 e. The maximum atomic E-state index is 12.8. The molecule has 0 heterocycles. The van der Waals surface area contributed by atoms with Crippen molar-refractivity contribution in [1.29, 1.82) is 0 Å². The average Bonchev–Trinajstić information content (AvgIpc) is 3.10. The number of alkyl halides is 2. The second-order valence-electron chi connectivity index (χ2n) is 5.81. The minimum absolute atomic E-state index is 0.0168. The predicted octanol–water partition coefficient (Wildman–Crippen LogP) is 3.43. The molecule has 1 amide bonds. The molecule has 2 saturated carbocycles. The molecule has 21 heavy (non-hydrogen) atoms. The molecule has 114 valence electrons. The van der Waals surface area contributed by atoms with E-state index >= 15 is 0 Å². The first-order valence-electron chi connectivity index (χ1n) is 7.31. The molecule has 0 aromatic heterocycles. The lowest BCUT2D eigenvalue weighted by molar-refractivity contribution is -0.120. The van der Waals surface area contributed by atoms with Crippen molar-refractivity contribution in [3.05, 3.63) is 30.3 Å². The van der Waals surface area contributed by atoms with Crippen LogP contribution in [-0.2, 0) is 9.53 Å². The van der Waals surface area contributed by atoms with Gasteiger partial charge in [0, 0.05) is 23.6 Å². The number of nitrogens with zero attached hydrogens (tertiary/aromatic N) is 1. The minimum atomic E-state index is -0.0706. The fraction of sp³-hybridized carbons (Fsp3) is 0.562. The molecule has 2 fully saturated rings. The molecular weight excluding hydrogens is 309 g/mol. The van der Waals surface area contributed by atoms with E-state index in [9.17, 15) is 4.79 Å². The number of hydrogen-bond acceptors (Lipinski definition) is 2. The van der Waals surface area contributed by atoms with Crippen LogP contribution in [0, 0.1) is 5.92 Å². The zero-order chi connectivity index (χ0) is 15.0. The zero-order valence-electron chi connectivity index (χ0n) is 11.9. The van der Waals surface area contributed by atoms with Crippen LogP contribution >= 0.6 is 23.2 Å². The fourth-order valence-electron chi connectivity index (χ4n) is 3.11. The molecule has 0 saturated heterocycles. The first-order valence-corrected chi connectivity index (χ1v) is 8.18. The second-order valence-corrected chi connectivity index (χ2v) is 6.99. The van der Waals surface area contributed by atoms with Crippen molar-refractivity contribution in [2.45, 2.75) is 42.2 Å². The lowest BCUT2D eigenvalue weighted by Gasteiger charge is -2.32. The SMILES string of the molecule is COC1CC(Cl)CC1N(C(=O)C1CC1Cl)c1ccccc1. The zero-order valence-corrected chi connectivity index (χ0v) is 13.4. The maximum Gasteiger partial charge on any atom is 0.231 e. The van der Waals surface area contributed by atoms with Gasteiger partial charge in [0.2, 0.25) is 5.91 Å². The maximum absolute atomic E-state index is 12.8. The van der Waals surface area contributed by atoms with E-state index in [2.05, 4.69) is 0 Å². The number of hydrogen-bond donors (Lipinski definition) is 0. The standard InChI is InChI=1S/C16H19Cl2NO2/c1-21-15-8-10(17)7-14(15)19(11-5-3-2-4-6-11)16(20)12-9-13(12)18/h2-6,10,12-15H,7-9H2,1H3. The van der Waals surface area contributed by atoms with E-state index in [1.165, 1.54) is 0 Å². The summed E-state index contributed by atoms with van der Waals surface area (Å²) in [6, 6.07) is 9.72. The monoisotopic (exact) mass is 327 g/mol. The first kappa shape index (κ1) is 15.1. The van der Waals surface area contributed by atoms with Crippen LogP contribution < -0.4 is 4.90 Å². The van der Waals surface area contributed by atoms with Gasteiger partial charge in [-0.3, -0.25) is 4.79 Å². The Morgan fingerprint density at radius 1 is 1.19 bits per heavy atom. The van der Waals surface area contributed by atoms with E-state index in [0.29, 0.717) is 0 Å². The number of carbonyl (C=O) groups is 1. The molecule has 5 heteroatoms. The number of ether oxygens (including phenoxy) is 1. The molecule has 0 spiro atoms. The van der Waals surface area contributed by atoms with E-state index in [0.717, 1.165) is 24.9 Å². The van der Waals surface area contributed by atoms with Crippen LogP contribution in [0.25, 0.3) is 0 Å². The van der Waals surface area contributed by atoms with Crippen LogP contribution in [0.3, 0.4) is 0 Å². The van der Waals surface area contributed by atoms with Crippen LogP contribution in [0.4, 0.5) is 5.69 Å². The topological polar surface area (TPSA) is 29.5 Å². The van der Waals surface area contributed by atoms with Gasteiger partial charge in [-0.25, -0.2) is 0 Å². The molecule has 5 atom stereocenters. The van der Waals surface area contributed by atoms with Crippen molar-refractivity contribution in [2.24, 2.45) is 5.92 Å². The number of anilines is 1. The number of rotatable bonds is 4. The minimum Gasteiger partial charge on any atom is -0.379 e. The summed E-state index contributed by atoms with van der Waals surface area (Å²) in [4.78, 5) is 14.7. The van der Waals surface area contributed by atoms with Crippen molar-refractivity contribution in [3.8, 4) is 0 Å². The third kappa shape index (κ3) is 3.05. The van der Waals surface area contributed by atoms with Crippen LogP contribution in [-0.4, -0.2) is 35.9 Å². The molecule has 0 aliphatic heterocycles. The number of amides is 1. The van der Waals surface area contributed by atoms with Gasteiger partial charge in [0.15, 0.2) is 0 Å². The quantitative estimate of drug-likeness (QED) is 0.793. The Morgan fingerprint density at radius 2 is 1.86 bits per heavy atom. The van der Waals surface area contributed by atoms with E-state index in [1.54, 1.807) is 7.11 Å². The lowest BCUT2D eigenvalue weighted by Crippen LogP contribution is -2.46. The Hall–Kier alpha value is -0.770. The Kier molecular flexibility index (Phi) is 4.43. The number of para-hydroxylation sites is 1. The summed E-state index contributed by atoms with van der Waals surface area (Å²) in [7, 11) is 1.68. The van der Waals surface area contributed by atoms with Crippen LogP contribution in [0.1, 0.15) is 19.3 Å². The van der Waals surface area contributed by atoms with E-state index in [1.807, 2.05) is 35.2 Å². The molecule has 2 aliphatic rings. The number of carbonyl (C=O) groups excluding carboxylic acids is 1. The fourth-order valence-corrected chi connectivity index (χ4v) is 3.77. The summed E-state index contributed by atoms with van der Waals surface area (Å²) >= 11 is 12.4. The van der Waals surface area contributed by atoms with Crippen molar-refractivity contribution < 1.29 is 9.53 Å². The lowest BCUT2D eigenvalue weighted by atomic mass is 10.1. The van der Waals surface area contributed by atoms with Crippen molar-refractivity contribution >= 4 is 34.8 Å². The molecule has 0 N–H and O–H groups in total. The molecule has 2 aliphatic carbocycles. The van der Waals surface area contributed by atoms with Gasteiger partial charge >= 0.3 is 0 Å². The van der Waals surface area contributed by atoms with Gasteiger partial charge in [0.25, 0.3) is 0 Å².